The smallest absolute Gasteiger partial charge is 0.316 e. The van der Waals surface area contributed by atoms with Crippen molar-refractivity contribution >= 4 is 21.8 Å². The minimum atomic E-state index is -0.284. The van der Waals surface area contributed by atoms with Crippen molar-refractivity contribution in [2.24, 2.45) is 17.8 Å². The molecule has 0 aromatic carbocycles. The summed E-state index contributed by atoms with van der Waals surface area (Å²) in [5, 5.41) is 11.4. The highest BCUT2D eigenvalue weighted by molar-refractivity contribution is 9.10. The topological polar surface area (TPSA) is 85.8 Å². The van der Waals surface area contributed by atoms with E-state index in [0.717, 1.165) is 27.7 Å². The van der Waals surface area contributed by atoms with Gasteiger partial charge in [0.15, 0.2) is 5.82 Å². The van der Waals surface area contributed by atoms with Gasteiger partial charge in [-0.1, -0.05) is 11.6 Å². The van der Waals surface area contributed by atoms with Gasteiger partial charge in [-0.25, -0.2) is 0 Å². The Morgan fingerprint density at radius 2 is 2.19 bits per heavy atom. The Balaban J connectivity index is 1.39. The van der Waals surface area contributed by atoms with Crippen LogP contribution in [0.5, 0.6) is 0 Å². The SMILES string of the molecule is Cc1nn(Cc2noc(C(=O)N[C@@H](C)[C@@H]3C[C@H]4CC[C@H]3C4)n2)c(C)c1Br. The molecule has 4 rings (SSSR count). The Kier molecular flexibility index (Phi) is 4.62. The van der Waals surface area contributed by atoms with Gasteiger partial charge in [0, 0.05) is 6.04 Å². The molecule has 2 aliphatic carbocycles. The summed E-state index contributed by atoms with van der Waals surface area (Å²) in [6.45, 7) is 6.36. The third kappa shape index (κ3) is 3.19. The molecule has 2 aromatic rings. The second-order valence-electron chi connectivity index (χ2n) is 7.76. The molecule has 0 radical (unpaired) electrons. The number of hydrogen-bond acceptors (Lipinski definition) is 5. The number of aromatic nitrogens is 4. The molecule has 0 spiro atoms. The Morgan fingerprint density at radius 1 is 1.38 bits per heavy atom. The van der Waals surface area contributed by atoms with Crippen LogP contribution in [0.25, 0.3) is 0 Å². The van der Waals surface area contributed by atoms with Crippen molar-refractivity contribution in [2.45, 2.75) is 59.0 Å². The van der Waals surface area contributed by atoms with Gasteiger partial charge in [0.05, 0.1) is 15.9 Å². The lowest BCUT2D eigenvalue weighted by Gasteiger charge is -2.28. The van der Waals surface area contributed by atoms with E-state index in [-0.39, 0.29) is 17.8 Å². The van der Waals surface area contributed by atoms with Crippen LogP contribution >= 0.6 is 15.9 Å². The number of nitrogens with zero attached hydrogens (tertiary/aromatic N) is 4. The first-order valence-corrected chi connectivity index (χ1v) is 10.0. The van der Waals surface area contributed by atoms with E-state index in [0.29, 0.717) is 18.3 Å². The zero-order valence-corrected chi connectivity index (χ0v) is 16.9. The predicted octanol–water partition coefficient (Wildman–Crippen LogP) is 3.25. The number of hydrogen-bond donors (Lipinski definition) is 1. The van der Waals surface area contributed by atoms with Crippen LogP contribution < -0.4 is 5.32 Å². The minimum Gasteiger partial charge on any atom is -0.345 e. The molecule has 2 aliphatic rings. The van der Waals surface area contributed by atoms with Gasteiger partial charge in [-0.2, -0.15) is 10.1 Å². The number of aryl methyl sites for hydroxylation is 1. The molecule has 0 unspecified atom stereocenters. The van der Waals surface area contributed by atoms with Crippen LogP contribution in [0.2, 0.25) is 0 Å². The van der Waals surface area contributed by atoms with E-state index in [1.165, 1.54) is 25.7 Å². The molecule has 0 saturated heterocycles. The number of nitrogens with one attached hydrogen (secondary N) is 1. The number of amides is 1. The van der Waals surface area contributed by atoms with Gasteiger partial charge in [0.25, 0.3) is 0 Å². The molecular weight excluding hydrogens is 398 g/mol. The summed E-state index contributed by atoms with van der Waals surface area (Å²) in [5.41, 5.74) is 1.90. The summed E-state index contributed by atoms with van der Waals surface area (Å²) in [7, 11) is 0. The fraction of sp³-hybridized carbons (Fsp3) is 0.667. The van der Waals surface area contributed by atoms with Gasteiger partial charge in [0.1, 0.15) is 6.54 Å². The van der Waals surface area contributed by atoms with Crippen LogP contribution in [-0.4, -0.2) is 31.9 Å². The van der Waals surface area contributed by atoms with Crippen LogP contribution in [0, 0.1) is 31.6 Å². The van der Waals surface area contributed by atoms with Gasteiger partial charge < -0.3 is 9.84 Å². The lowest BCUT2D eigenvalue weighted by molar-refractivity contribution is 0.0871. The van der Waals surface area contributed by atoms with Crippen LogP contribution in [0.1, 0.15) is 60.5 Å². The third-order valence-corrected chi connectivity index (χ3v) is 7.19. The van der Waals surface area contributed by atoms with Crippen molar-refractivity contribution in [3.05, 3.63) is 27.6 Å². The monoisotopic (exact) mass is 421 g/mol. The largest absolute Gasteiger partial charge is 0.345 e. The highest BCUT2D eigenvalue weighted by Gasteiger charge is 2.42. The molecule has 2 aromatic heterocycles. The molecule has 26 heavy (non-hydrogen) atoms. The summed E-state index contributed by atoms with van der Waals surface area (Å²) in [4.78, 5) is 16.7. The van der Waals surface area contributed by atoms with E-state index >= 15 is 0 Å². The Labute approximate surface area is 161 Å². The van der Waals surface area contributed by atoms with E-state index in [1.54, 1.807) is 4.68 Å². The fourth-order valence-electron chi connectivity index (χ4n) is 4.66. The van der Waals surface area contributed by atoms with Crippen molar-refractivity contribution in [1.82, 2.24) is 25.2 Å². The maximum Gasteiger partial charge on any atom is 0.316 e. The van der Waals surface area contributed by atoms with Gasteiger partial charge in [-0.15, -0.1) is 0 Å². The average Bonchev–Trinajstić information content (AvgIpc) is 3.38. The second kappa shape index (κ2) is 6.79. The summed E-state index contributed by atoms with van der Waals surface area (Å²) in [6.07, 6.45) is 5.22. The molecule has 0 aliphatic heterocycles. The number of carbonyl (C=O) groups is 1. The summed E-state index contributed by atoms with van der Waals surface area (Å²) in [6, 6.07) is 0.139. The molecule has 7 nitrogen and oxygen atoms in total. The van der Waals surface area contributed by atoms with E-state index in [2.05, 4.69) is 43.4 Å². The normalized spacial score (nSPS) is 25.6. The number of halogens is 1. The standard InChI is InChI=1S/C18H24BrN5O2/c1-9(14-7-12-4-5-13(14)6-12)20-17(25)18-21-15(23-26-18)8-24-11(3)16(19)10(2)22-24/h9,12-14H,4-8H2,1-3H3,(H,20,25)/t9-,12-,13-,14-/m0/s1. The van der Waals surface area contributed by atoms with Crippen molar-refractivity contribution in [3.8, 4) is 0 Å². The van der Waals surface area contributed by atoms with Crippen molar-refractivity contribution < 1.29 is 9.32 Å². The number of carbonyl (C=O) groups excluding carboxylic acids is 1. The van der Waals surface area contributed by atoms with Gasteiger partial charge in [-0.3, -0.25) is 9.48 Å². The summed E-state index contributed by atoms with van der Waals surface area (Å²) >= 11 is 3.50. The number of rotatable bonds is 5. The first-order valence-electron chi connectivity index (χ1n) is 9.25. The van der Waals surface area contributed by atoms with Crippen LogP contribution in [0.4, 0.5) is 0 Å². The van der Waals surface area contributed by atoms with Crippen LogP contribution in [-0.2, 0) is 6.54 Å². The summed E-state index contributed by atoms with van der Waals surface area (Å²) in [5.74, 6) is 2.38. The fourth-order valence-corrected chi connectivity index (χ4v) is 4.94. The Hall–Kier alpha value is -1.70. The Morgan fingerprint density at radius 3 is 2.81 bits per heavy atom. The van der Waals surface area contributed by atoms with E-state index < -0.39 is 0 Å². The van der Waals surface area contributed by atoms with Crippen molar-refractivity contribution in [1.29, 1.82) is 0 Å². The predicted molar refractivity (Wildman–Crippen MR) is 98.7 cm³/mol. The minimum absolute atomic E-state index is 0.0237. The van der Waals surface area contributed by atoms with Crippen molar-refractivity contribution in [3.63, 3.8) is 0 Å². The van der Waals surface area contributed by atoms with Crippen LogP contribution in [0.3, 0.4) is 0 Å². The molecule has 1 N–H and O–H groups in total. The Bertz CT molecular complexity index is 830. The van der Waals surface area contributed by atoms with E-state index in [4.69, 9.17) is 4.52 Å². The zero-order valence-electron chi connectivity index (χ0n) is 15.3. The van der Waals surface area contributed by atoms with Crippen LogP contribution in [0.15, 0.2) is 9.00 Å². The average molecular weight is 422 g/mol. The molecule has 1 amide bonds. The first kappa shape index (κ1) is 17.7. The zero-order chi connectivity index (χ0) is 18.4. The highest BCUT2D eigenvalue weighted by atomic mass is 79.9. The second-order valence-corrected chi connectivity index (χ2v) is 8.55. The molecule has 2 saturated carbocycles. The van der Waals surface area contributed by atoms with E-state index in [1.807, 2.05) is 13.8 Å². The van der Waals surface area contributed by atoms with E-state index in [9.17, 15) is 4.79 Å². The molecule has 2 bridgehead atoms. The molecule has 2 heterocycles. The maximum absolute atomic E-state index is 12.5. The first-order chi connectivity index (χ1) is 12.4. The molecule has 8 heteroatoms. The molecule has 2 fully saturated rings. The molecule has 140 valence electrons. The third-order valence-electron chi connectivity index (χ3n) is 6.04. The highest BCUT2D eigenvalue weighted by Crippen LogP contribution is 2.49. The number of fused-ring (bicyclic) bond motifs is 2. The maximum atomic E-state index is 12.5. The lowest BCUT2D eigenvalue weighted by Crippen LogP contribution is -2.40. The van der Waals surface area contributed by atoms with Crippen molar-refractivity contribution in [2.75, 3.05) is 0 Å². The quantitative estimate of drug-likeness (QED) is 0.800. The molecule has 4 atom stereocenters. The van der Waals surface area contributed by atoms with Gasteiger partial charge in [-0.05, 0) is 73.7 Å². The van der Waals surface area contributed by atoms with Gasteiger partial charge in [0.2, 0.25) is 0 Å². The van der Waals surface area contributed by atoms with Gasteiger partial charge >= 0.3 is 11.8 Å². The lowest BCUT2D eigenvalue weighted by atomic mass is 9.84. The molecular formula is C18H24BrN5O2. The summed E-state index contributed by atoms with van der Waals surface area (Å²) < 4.78 is 7.94.